The molecule has 0 radical (unpaired) electrons. The predicted octanol–water partition coefficient (Wildman–Crippen LogP) is 5.47. The Morgan fingerprint density at radius 3 is 2.24 bits per heavy atom. The van der Waals surface area contributed by atoms with Crippen LogP contribution in [-0.4, -0.2) is 29.3 Å². The second-order valence-electron chi connectivity index (χ2n) is 8.25. The number of nitrogens with zero attached hydrogens (tertiary/aromatic N) is 1. The summed E-state index contributed by atoms with van der Waals surface area (Å²) >= 11 is 3.47. The molecule has 5 heteroatoms. The van der Waals surface area contributed by atoms with E-state index in [0.29, 0.717) is 19.5 Å². The molecule has 1 N–H and O–H groups in total. The van der Waals surface area contributed by atoms with Crippen LogP contribution in [0.2, 0.25) is 0 Å². The molecule has 0 saturated heterocycles. The van der Waals surface area contributed by atoms with Gasteiger partial charge in [0.2, 0.25) is 11.8 Å². The highest BCUT2D eigenvalue weighted by Gasteiger charge is 2.30. The molecule has 3 aromatic rings. The minimum atomic E-state index is -0.598. The molecule has 0 aromatic heterocycles. The van der Waals surface area contributed by atoms with E-state index in [0.717, 1.165) is 33.1 Å². The van der Waals surface area contributed by atoms with Gasteiger partial charge in [0.05, 0.1) is 6.42 Å². The standard InChI is InChI=1S/C28H31BrN2O2/c1-3-17-30-28(33)26(18-22-10-5-4-6-11-22)31(20-23-13-15-25(29)16-14-23)27(32)19-24-12-8-7-9-21(24)2/h4-16,26H,3,17-20H2,1-2H3,(H,30,33). The zero-order chi connectivity index (χ0) is 23.6. The zero-order valence-electron chi connectivity index (χ0n) is 19.3. The molecule has 0 spiro atoms. The minimum Gasteiger partial charge on any atom is -0.354 e. The first-order chi connectivity index (χ1) is 16.0. The maximum Gasteiger partial charge on any atom is 0.243 e. The van der Waals surface area contributed by atoms with E-state index in [9.17, 15) is 9.59 Å². The highest BCUT2D eigenvalue weighted by Crippen LogP contribution is 2.19. The van der Waals surface area contributed by atoms with Crippen molar-refractivity contribution < 1.29 is 9.59 Å². The quantitative estimate of drug-likeness (QED) is 0.396. The van der Waals surface area contributed by atoms with Gasteiger partial charge in [0.1, 0.15) is 6.04 Å². The lowest BCUT2D eigenvalue weighted by molar-refractivity contribution is -0.140. The molecule has 0 aliphatic heterocycles. The molecular formula is C28H31BrN2O2. The fraction of sp³-hybridized carbons (Fsp3) is 0.286. The van der Waals surface area contributed by atoms with E-state index in [1.165, 1.54) is 0 Å². The molecule has 0 saturated carbocycles. The Labute approximate surface area is 205 Å². The molecule has 0 aliphatic rings. The van der Waals surface area contributed by atoms with Gasteiger partial charge in [0.25, 0.3) is 0 Å². The molecule has 4 nitrogen and oxygen atoms in total. The first-order valence-electron chi connectivity index (χ1n) is 11.4. The lowest BCUT2D eigenvalue weighted by Crippen LogP contribution is -2.51. The van der Waals surface area contributed by atoms with Crippen molar-refractivity contribution >= 4 is 27.7 Å². The van der Waals surface area contributed by atoms with Gasteiger partial charge < -0.3 is 10.2 Å². The Balaban J connectivity index is 1.95. The highest BCUT2D eigenvalue weighted by atomic mass is 79.9. The topological polar surface area (TPSA) is 49.4 Å². The minimum absolute atomic E-state index is 0.0557. The van der Waals surface area contributed by atoms with Gasteiger partial charge in [-0.25, -0.2) is 0 Å². The molecule has 3 aromatic carbocycles. The van der Waals surface area contributed by atoms with E-state index in [-0.39, 0.29) is 18.2 Å². The molecular weight excluding hydrogens is 476 g/mol. The monoisotopic (exact) mass is 506 g/mol. The van der Waals surface area contributed by atoms with Crippen LogP contribution in [0.25, 0.3) is 0 Å². The maximum atomic E-state index is 13.7. The number of hydrogen-bond acceptors (Lipinski definition) is 2. The number of carbonyl (C=O) groups excluding carboxylic acids is 2. The Morgan fingerprint density at radius 1 is 0.909 bits per heavy atom. The Morgan fingerprint density at radius 2 is 1.58 bits per heavy atom. The van der Waals surface area contributed by atoms with E-state index in [1.54, 1.807) is 4.90 Å². The molecule has 0 bridgehead atoms. The van der Waals surface area contributed by atoms with Gasteiger partial charge in [-0.05, 0) is 47.7 Å². The maximum absolute atomic E-state index is 13.7. The van der Waals surface area contributed by atoms with Crippen LogP contribution in [0.1, 0.15) is 35.6 Å². The second-order valence-corrected chi connectivity index (χ2v) is 9.16. The Hall–Kier alpha value is -2.92. The summed E-state index contributed by atoms with van der Waals surface area (Å²) < 4.78 is 0.977. The summed E-state index contributed by atoms with van der Waals surface area (Å²) in [6, 6.07) is 25.1. The van der Waals surface area contributed by atoms with Crippen LogP contribution in [0.5, 0.6) is 0 Å². The molecule has 3 rings (SSSR count). The molecule has 172 valence electrons. The van der Waals surface area contributed by atoms with Gasteiger partial charge in [-0.3, -0.25) is 9.59 Å². The fourth-order valence-electron chi connectivity index (χ4n) is 3.78. The zero-order valence-corrected chi connectivity index (χ0v) is 20.8. The number of amides is 2. The normalized spacial score (nSPS) is 11.6. The number of nitrogens with one attached hydrogen (secondary N) is 1. The molecule has 1 unspecified atom stereocenters. The largest absolute Gasteiger partial charge is 0.354 e. The van der Waals surface area contributed by atoms with E-state index in [1.807, 2.05) is 92.7 Å². The van der Waals surface area contributed by atoms with Gasteiger partial charge >= 0.3 is 0 Å². The van der Waals surface area contributed by atoms with Crippen LogP contribution in [0.4, 0.5) is 0 Å². The average molecular weight is 507 g/mol. The van der Waals surface area contributed by atoms with E-state index >= 15 is 0 Å². The number of aryl methyl sites for hydroxylation is 1. The summed E-state index contributed by atoms with van der Waals surface area (Å²) in [4.78, 5) is 28.7. The van der Waals surface area contributed by atoms with Crippen molar-refractivity contribution in [3.8, 4) is 0 Å². The van der Waals surface area contributed by atoms with Crippen LogP contribution in [0.3, 0.4) is 0 Å². The number of hydrogen-bond donors (Lipinski definition) is 1. The predicted molar refractivity (Wildman–Crippen MR) is 137 cm³/mol. The van der Waals surface area contributed by atoms with E-state index in [2.05, 4.69) is 21.2 Å². The number of halogens is 1. The summed E-state index contributed by atoms with van der Waals surface area (Å²) in [7, 11) is 0. The van der Waals surface area contributed by atoms with Crippen LogP contribution in [0.15, 0.2) is 83.3 Å². The summed E-state index contributed by atoms with van der Waals surface area (Å²) in [5.41, 5.74) is 4.07. The first-order valence-corrected chi connectivity index (χ1v) is 12.2. The van der Waals surface area contributed by atoms with Crippen molar-refractivity contribution in [2.45, 2.75) is 45.7 Å². The van der Waals surface area contributed by atoms with E-state index < -0.39 is 6.04 Å². The van der Waals surface area contributed by atoms with Crippen molar-refractivity contribution in [2.24, 2.45) is 0 Å². The third kappa shape index (κ3) is 7.29. The van der Waals surface area contributed by atoms with Crippen molar-refractivity contribution in [3.05, 3.63) is 106 Å². The van der Waals surface area contributed by atoms with Crippen LogP contribution < -0.4 is 5.32 Å². The number of benzene rings is 3. The fourth-order valence-corrected chi connectivity index (χ4v) is 4.04. The molecule has 0 aliphatic carbocycles. The smallest absolute Gasteiger partial charge is 0.243 e. The van der Waals surface area contributed by atoms with Gasteiger partial charge in [-0.1, -0.05) is 89.6 Å². The van der Waals surface area contributed by atoms with Crippen molar-refractivity contribution in [3.63, 3.8) is 0 Å². The average Bonchev–Trinajstić information content (AvgIpc) is 2.83. The third-order valence-corrected chi connectivity index (χ3v) is 6.22. The first kappa shape index (κ1) is 24.7. The van der Waals surface area contributed by atoms with Crippen molar-refractivity contribution in [1.82, 2.24) is 10.2 Å². The van der Waals surface area contributed by atoms with Crippen LogP contribution >= 0.6 is 15.9 Å². The van der Waals surface area contributed by atoms with Gasteiger partial charge in [0, 0.05) is 24.0 Å². The van der Waals surface area contributed by atoms with Crippen molar-refractivity contribution in [2.75, 3.05) is 6.54 Å². The number of carbonyl (C=O) groups is 2. The summed E-state index contributed by atoms with van der Waals surface area (Å²) in [6.45, 7) is 4.99. The molecule has 33 heavy (non-hydrogen) atoms. The van der Waals surface area contributed by atoms with E-state index in [4.69, 9.17) is 0 Å². The summed E-state index contributed by atoms with van der Waals surface area (Å²) in [5, 5.41) is 3.02. The van der Waals surface area contributed by atoms with Gasteiger partial charge in [-0.15, -0.1) is 0 Å². The molecule has 0 heterocycles. The lowest BCUT2D eigenvalue weighted by atomic mass is 10.00. The molecule has 1 atom stereocenters. The SMILES string of the molecule is CCCNC(=O)C(Cc1ccccc1)N(Cc1ccc(Br)cc1)C(=O)Cc1ccccc1C. The van der Waals surface area contributed by atoms with Crippen LogP contribution in [-0.2, 0) is 29.0 Å². The second kappa shape index (κ2) is 12.4. The lowest BCUT2D eigenvalue weighted by Gasteiger charge is -2.32. The highest BCUT2D eigenvalue weighted by molar-refractivity contribution is 9.10. The van der Waals surface area contributed by atoms with Gasteiger partial charge in [0.15, 0.2) is 0 Å². The Bertz CT molecular complexity index is 1050. The number of rotatable bonds is 10. The summed E-state index contributed by atoms with van der Waals surface area (Å²) in [5.74, 6) is -0.171. The van der Waals surface area contributed by atoms with Crippen molar-refractivity contribution in [1.29, 1.82) is 0 Å². The van der Waals surface area contributed by atoms with Gasteiger partial charge in [-0.2, -0.15) is 0 Å². The molecule has 2 amide bonds. The third-order valence-electron chi connectivity index (χ3n) is 5.69. The summed E-state index contributed by atoms with van der Waals surface area (Å²) in [6.07, 6.45) is 1.57. The molecule has 0 fully saturated rings. The Kier molecular flexibility index (Phi) is 9.25. The van der Waals surface area contributed by atoms with Crippen LogP contribution in [0, 0.1) is 6.92 Å².